The molecule has 1 atom stereocenters. The number of hydrogen-bond acceptors (Lipinski definition) is 4. The van der Waals surface area contributed by atoms with Gasteiger partial charge in [-0.3, -0.25) is 4.79 Å². The Kier molecular flexibility index (Phi) is 5.51. The number of nitrogens with zero attached hydrogens (tertiary/aromatic N) is 1. The number of ether oxygens (including phenoxy) is 1. The van der Waals surface area contributed by atoms with Gasteiger partial charge in [-0.2, -0.15) is 0 Å². The molecule has 0 spiro atoms. The van der Waals surface area contributed by atoms with Crippen LogP contribution >= 0.6 is 11.3 Å². The molecule has 1 aromatic carbocycles. The monoisotopic (exact) mass is 303 g/mol. The summed E-state index contributed by atoms with van der Waals surface area (Å²) in [7, 11) is 0. The number of benzene rings is 1. The molecule has 0 radical (unpaired) electrons. The van der Waals surface area contributed by atoms with Crippen LogP contribution in [0, 0.1) is 5.92 Å². The lowest BCUT2D eigenvalue weighted by molar-refractivity contribution is -0.145. The van der Waals surface area contributed by atoms with Crippen molar-refractivity contribution in [3.63, 3.8) is 0 Å². The average Bonchev–Trinajstić information content (AvgIpc) is 2.95. The smallest absolute Gasteiger partial charge is 0.315 e. The zero-order valence-electron chi connectivity index (χ0n) is 12.7. The van der Waals surface area contributed by atoms with E-state index in [0.29, 0.717) is 12.5 Å². The Bertz CT molecular complexity index is 577. The van der Waals surface area contributed by atoms with Crippen molar-refractivity contribution in [1.82, 2.24) is 4.98 Å². The van der Waals surface area contributed by atoms with Crippen LogP contribution in [0.1, 0.15) is 38.1 Å². The highest BCUT2D eigenvalue weighted by Gasteiger charge is 2.26. The summed E-state index contributed by atoms with van der Waals surface area (Å²) in [4.78, 5) is 16.8. The summed E-state index contributed by atoms with van der Waals surface area (Å²) in [5.74, 6) is -0.00365. The molecule has 112 valence electrons. The van der Waals surface area contributed by atoms with Crippen molar-refractivity contribution in [3.05, 3.63) is 40.7 Å². The summed E-state index contributed by atoms with van der Waals surface area (Å²) >= 11 is 1.54. The van der Waals surface area contributed by atoms with E-state index in [2.05, 4.69) is 18.8 Å². The summed E-state index contributed by atoms with van der Waals surface area (Å²) in [5.41, 5.74) is 2.00. The van der Waals surface area contributed by atoms with Gasteiger partial charge in [0.25, 0.3) is 0 Å². The van der Waals surface area contributed by atoms with Crippen molar-refractivity contribution in [3.8, 4) is 11.3 Å². The maximum atomic E-state index is 12.2. The molecule has 21 heavy (non-hydrogen) atoms. The Morgan fingerprint density at radius 1 is 1.29 bits per heavy atom. The SMILES string of the molecule is CCOC(=O)C(CC(C)C)c1nc(-c2ccccc2)cs1. The molecule has 1 heterocycles. The quantitative estimate of drug-likeness (QED) is 0.737. The fourth-order valence-electron chi connectivity index (χ4n) is 2.20. The number of aromatic nitrogens is 1. The Morgan fingerprint density at radius 3 is 2.62 bits per heavy atom. The summed E-state index contributed by atoms with van der Waals surface area (Å²) in [6, 6.07) is 10.0. The molecule has 1 aromatic heterocycles. The van der Waals surface area contributed by atoms with Crippen LogP contribution in [0.25, 0.3) is 11.3 Å². The van der Waals surface area contributed by atoms with Crippen molar-refractivity contribution in [2.45, 2.75) is 33.1 Å². The van der Waals surface area contributed by atoms with Gasteiger partial charge >= 0.3 is 5.97 Å². The Labute approximate surface area is 130 Å². The lowest BCUT2D eigenvalue weighted by Crippen LogP contribution is -2.17. The molecule has 0 aliphatic rings. The van der Waals surface area contributed by atoms with Crippen molar-refractivity contribution in [2.24, 2.45) is 5.92 Å². The van der Waals surface area contributed by atoms with Gasteiger partial charge in [0.05, 0.1) is 12.3 Å². The number of hydrogen-bond donors (Lipinski definition) is 0. The van der Waals surface area contributed by atoms with Gasteiger partial charge in [0.1, 0.15) is 10.9 Å². The van der Waals surface area contributed by atoms with Crippen LogP contribution < -0.4 is 0 Å². The van der Waals surface area contributed by atoms with Gasteiger partial charge in [0.2, 0.25) is 0 Å². The topological polar surface area (TPSA) is 39.2 Å². The fourth-order valence-corrected chi connectivity index (χ4v) is 3.13. The third kappa shape index (κ3) is 4.14. The van der Waals surface area contributed by atoms with Gasteiger partial charge in [0.15, 0.2) is 0 Å². The number of carbonyl (C=O) groups is 1. The van der Waals surface area contributed by atoms with Crippen LogP contribution in [0.3, 0.4) is 0 Å². The third-order valence-electron chi connectivity index (χ3n) is 3.17. The van der Waals surface area contributed by atoms with E-state index in [-0.39, 0.29) is 11.9 Å². The van der Waals surface area contributed by atoms with Crippen molar-refractivity contribution >= 4 is 17.3 Å². The van der Waals surface area contributed by atoms with E-state index < -0.39 is 0 Å². The Hall–Kier alpha value is -1.68. The number of esters is 1. The Balaban J connectivity index is 2.25. The van der Waals surface area contributed by atoms with E-state index in [4.69, 9.17) is 4.74 Å². The molecular weight excluding hydrogens is 282 g/mol. The fraction of sp³-hybridized carbons (Fsp3) is 0.412. The maximum absolute atomic E-state index is 12.2. The molecule has 2 rings (SSSR count). The summed E-state index contributed by atoms with van der Waals surface area (Å²) in [6.07, 6.45) is 0.764. The van der Waals surface area contributed by atoms with Crippen LogP contribution in [-0.2, 0) is 9.53 Å². The second kappa shape index (κ2) is 7.36. The van der Waals surface area contributed by atoms with Crippen LogP contribution in [0.15, 0.2) is 35.7 Å². The average molecular weight is 303 g/mol. The number of carbonyl (C=O) groups excluding carboxylic acids is 1. The van der Waals surface area contributed by atoms with Crippen LogP contribution in [0.2, 0.25) is 0 Å². The minimum absolute atomic E-state index is 0.167. The lowest BCUT2D eigenvalue weighted by atomic mass is 9.98. The molecule has 0 saturated carbocycles. The van der Waals surface area contributed by atoms with Crippen molar-refractivity contribution < 1.29 is 9.53 Å². The van der Waals surface area contributed by atoms with E-state index in [1.54, 1.807) is 0 Å². The number of rotatable bonds is 6. The molecule has 0 fully saturated rings. The molecule has 3 nitrogen and oxygen atoms in total. The minimum atomic E-state index is -0.257. The van der Waals surface area contributed by atoms with Gasteiger partial charge in [-0.1, -0.05) is 44.2 Å². The van der Waals surface area contributed by atoms with Crippen molar-refractivity contribution in [2.75, 3.05) is 6.61 Å². The molecule has 0 saturated heterocycles. The van der Waals surface area contributed by atoms with Gasteiger partial charge in [0, 0.05) is 10.9 Å². The summed E-state index contributed by atoms with van der Waals surface area (Å²) < 4.78 is 5.20. The summed E-state index contributed by atoms with van der Waals surface area (Å²) in [6.45, 7) is 6.46. The first-order valence-electron chi connectivity index (χ1n) is 7.29. The Morgan fingerprint density at radius 2 is 2.00 bits per heavy atom. The van der Waals surface area contributed by atoms with Crippen LogP contribution in [-0.4, -0.2) is 17.6 Å². The molecular formula is C17H21NO2S. The standard InChI is InChI=1S/C17H21NO2S/c1-4-20-17(19)14(10-12(2)3)16-18-15(11-21-16)13-8-6-5-7-9-13/h5-9,11-12,14H,4,10H2,1-3H3. The zero-order chi connectivity index (χ0) is 15.2. The van der Waals surface area contributed by atoms with E-state index in [9.17, 15) is 4.79 Å². The van der Waals surface area contributed by atoms with E-state index in [1.807, 2.05) is 42.6 Å². The first-order chi connectivity index (χ1) is 10.1. The van der Waals surface area contributed by atoms with Crippen LogP contribution in [0.4, 0.5) is 0 Å². The largest absolute Gasteiger partial charge is 0.465 e. The van der Waals surface area contributed by atoms with Gasteiger partial charge in [-0.25, -0.2) is 4.98 Å². The predicted octanol–water partition coefficient (Wildman–Crippen LogP) is 4.50. The highest BCUT2D eigenvalue weighted by molar-refractivity contribution is 7.10. The first kappa shape index (κ1) is 15.7. The van der Waals surface area contributed by atoms with Gasteiger partial charge in [-0.05, 0) is 19.3 Å². The van der Waals surface area contributed by atoms with E-state index in [0.717, 1.165) is 22.7 Å². The molecule has 2 aromatic rings. The van der Waals surface area contributed by atoms with Gasteiger partial charge in [-0.15, -0.1) is 11.3 Å². The molecule has 1 unspecified atom stereocenters. The molecule has 0 aliphatic carbocycles. The normalized spacial score (nSPS) is 12.4. The highest BCUT2D eigenvalue weighted by atomic mass is 32.1. The summed E-state index contributed by atoms with van der Waals surface area (Å²) in [5, 5.41) is 2.86. The predicted molar refractivity (Wildman–Crippen MR) is 86.4 cm³/mol. The maximum Gasteiger partial charge on any atom is 0.315 e. The molecule has 0 N–H and O–H groups in total. The minimum Gasteiger partial charge on any atom is -0.465 e. The molecule has 0 aliphatic heterocycles. The second-order valence-electron chi connectivity index (χ2n) is 5.37. The first-order valence-corrected chi connectivity index (χ1v) is 8.17. The van der Waals surface area contributed by atoms with E-state index >= 15 is 0 Å². The number of thiazole rings is 1. The molecule has 4 heteroatoms. The van der Waals surface area contributed by atoms with Crippen molar-refractivity contribution in [1.29, 1.82) is 0 Å². The second-order valence-corrected chi connectivity index (χ2v) is 6.26. The molecule has 0 bridgehead atoms. The van der Waals surface area contributed by atoms with Gasteiger partial charge < -0.3 is 4.74 Å². The molecule has 0 amide bonds. The third-order valence-corrected chi connectivity index (χ3v) is 4.13. The zero-order valence-corrected chi connectivity index (χ0v) is 13.5. The lowest BCUT2D eigenvalue weighted by Gasteiger charge is -2.15. The van der Waals surface area contributed by atoms with E-state index in [1.165, 1.54) is 11.3 Å². The van der Waals surface area contributed by atoms with Crippen LogP contribution in [0.5, 0.6) is 0 Å². The highest BCUT2D eigenvalue weighted by Crippen LogP contribution is 2.31.